The van der Waals surface area contributed by atoms with Gasteiger partial charge in [-0.25, -0.2) is 0 Å². The van der Waals surface area contributed by atoms with Crippen molar-refractivity contribution >= 4 is 26.0 Å². The zero-order chi connectivity index (χ0) is 22.2. The Kier molecular flexibility index (Phi) is 7.94. The SMILES string of the molecule is CCS[C@@H]1O[C@H](COC(C)=O)[C@@H]2OC(C)(C)O[C@@H]2[C@H]1O[Si](C)(C)C(C)(C)C(C)C. The molecule has 0 aliphatic carbocycles. The van der Waals surface area contributed by atoms with Crippen LogP contribution < -0.4 is 0 Å². The first kappa shape index (κ1) is 25.1. The van der Waals surface area contributed by atoms with Crippen LogP contribution in [0.15, 0.2) is 0 Å². The summed E-state index contributed by atoms with van der Waals surface area (Å²) in [7, 11) is -2.13. The predicted molar refractivity (Wildman–Crippen MR) is 118 cm³/mol. The number of carbonyl (C=O) groups is 1. The van der Waals surface area contributed by atoms with Crippen molar-refractivity contribution in [1.29, 1.82) is 0 Å². The second-order valence-electron chi connectivity index (χ2n) is 9.83. The lowest BCUT2D eigenvalue weighted by molar-refractivity contribution is -0.177. The molecule has 0 aromatic rings. The van der Waals surface area contributed by atoms with E-state index in [4.69, 9.17) is 23.4 Å². The summed E-state index contributed by atoms with van der Waals surface area (Å²) in [4.78, 5) is 11.4. The van der Waals surface area contributed by atoms with Gasteiger partial charge in [0.15, 0.2) is 14.1 Å². The standard InChI is InChI=1S/C21H40O6SSi/c1-11-28-19-18(27-29(9,10)20(5,6)13(2)3)17-16(25-21(7,8)26-17)15(24-19)12-23-14(4)22/h13,15-19H,11-12H2,1-10H3/t15-,16+,17+,18-,19+/m1/s1. The lowest BCUT2D eigenvalue weighted by Gasteiger charge is -2.49. The fourth-order valence-corrected chi connectivity index (χ4v) is 7.46. The Bertz CT molecular complexity index is 580. The average molecular weight is 449 g/mol. The summed E-state index contributed by atoms with van der Waals surface area (Å²) < 4.78 is 31.1. The van der Waals surface area contributed by atoms with Gasteiger partial charge in [-0.15, -0.1) is 11.8 Å². The number of esters is 1. The first-order valence-corrected chi connectivity index (χ1v) is 14.6. The van der Waals surface area contributed by atoms with Gasteiger partial charge in [0.25, 0.3) is 0 Å². The summed E-state index contributed by atoms with van der Waals surface area (Å²) in [6.07, 6.45) is -1.22. The molecule has 6 nitrogen and oxygen atoms in total. The molecule has 2 heterocycles. The van der Waals surface area contributed by atoms with E-state index in [2.05, 4.69) is 47.7 Å². The van der Waals surface area contributed by atoms with Gasteiger partial charge in [0.1, 0.15) is 36.5 Å². The summed E-state index contributed by atoms with van der Waals surface area (Å²) in [6, 6.07) is 0. The third-order valence-electron chi connectivity index (χ3n) is 6.64. The van der Waals surface area contributed by atoms with Gasteiger partial charge in [0, 0.05) is 6.92 Å². The summed E-state index contributed by atoms with van der Waals surface area (Å²) >= 11 is 1.71. The van der Waals surface area contributed by atoms with Crippen molar-refractivity contribution < 1.29 is 28.2 Å². The van der Waals surface area contributed by atoms with Gasteiger partial charge in [-0.1, -0.05) is 34.6 Å². The maximum Gasteiger partial charge on any atom is 0.302 e. The van der Waals surface area contributed by atoms with E-state index in [1.807, 2.05) is 13.8 Å². The highest BCUT2D eigenvalue weighted by atomic mass is 32.2. The highest BCUT2D eigenvalue weighted by Gasteiger charge is 2.58. The van der Waals surface area contributed by atoms with Crippen molar-refractivity contribution in [3.05, 3.63) is 0 Å². The molecule has 5 atom stereocenters. The van der Waals surface area contributed by atoms with Crippen LogP contribution in [0, 0.1) is 5.92 Å². The van der Waals surface area contributed by atoms with Gasteiger partial charge < -0.3 is 23.4 Å². The molecule has 0 N–H and O–H groups in total. The normalized spacial score (nSPS) is 32.3. The van der Waals surface area contributed by atoms with E-state index in [0.29, 0.717) is 5.92 Å². The topological polar surface area (TPSA) is 63.2 Å². The van der Waals surface area contributed by atoms with Gasteiger partial charge >= 0.3 is 5.97 Å². The van der Waals surface area contributed by atoms with Crippen LogP contribution in [0.5, 0.6) is 0 Å². The second kappa shape index (κ2) is 9.16. The number of fused-ring (bicyclic) bond motifs is 1. The fourth-order valence-electron chi connectivity index (χ4n) is 3.78. The van der Waals surface area contributed by atoms with Crippen molar-refractivity contribution in [2.24, 2.45) is 5.92 Å². The van der Waals surface area contributed by atoms with E-state index in [9.17, 15) is 4.79 Å². The molecule has 0 aromatic carbocycles. The van der Waals surface area contributed by atoms with Crippen molar-refractivity contribution in [3.8, 4) is 0 Å². The Balaban J connectivity index is 2.33. The number of carbonyl (C=O) groups excluding carboxylic acids is 1. The van der Waals surface area contributed by atoms with Crippen LogP contribution in [0.4, 0.5) is 0 Å². The van der Waals surface area contributed by atoms with Crippen molar-refractivity contribution in [3.63, 3.8) is 0 Å². The molecule has 0 radical (unpaired) electrons. The zero-order valence-corrected chi connectivity index (χ0v) is 21.6. The minimum absolute atomic E-state index is 0.0769. The highest BCUT2D eigenvalue weighted by Crippen LogP contribution is 2.48. The van der Waals surface area contributed by atoms with E-state index < -0.39 is 14.1 Å². The smallest absolute Gasteiger partial charge is 0.302 e. The monoisotopic (exact) mass is 448 g/mol. The van der Waals surface area contributed by atoms with Crippen LogP contribution in [-0.4, -0.2) is 62.3 Å². The minimum Gasteiger partial charge on any atom is -0.463 e. The Labute approximate surface area is 181 Å². The average Bonchev–Trinajstić information content (AvgIpc) is 2.90. The van der Waals surface area contributed by atoms with E-state index in [1.165, 1.54) is 6.92 Å². The van der Waals surface area contributed by atoms with Crippen LogP contribution in [0.3, 0.4) is 0 Å². The quantitative estimate of drug-likeness (QED) is 0.398. The lowest BCUT2D eigenvalue weighted by atomic mass is 9.99. The maximum absolute atomic E-state index is 11.4. The van der Waals surface area contributed by atoms with Crippen LogP contribution in [0.25, 0.3) is 0 Å². The van der Waals surface area contributed by atoms with Crippen LogP contribution >= 0.6 is 11.8 Å². The number of hydrogen-bond donors (Lipinski definition) is 0. The van der Waals surface area contributed by atoms with Gasteiger partial charge in [0.2, 0.25) is 0 Å². The Morgan fingerprint density at radius 2 is 1.79 bits per heavy atom. The molecular formula is C21H40O6SSi. The molecule has 170 valence electrons. The first-order valence-electron chi connectivity index (χ1n) is 10.7. The van der Waals surface area contributed by atoms with Crippen LogP contribution in [0.2, 0.25) is 18.1 Å². The van der Waals surface area contributed by atoms with E-state index >= 15 is 0 Å². The zero-order valence-electron chi connectivity index (χ0n) is 19.7. The van der Waals surface area contributed by atoms with E-state index in [1.54, 1.807) is 11.8 Å². The number of rotatable bonds is 8. The molecule has 0 saturated carbocycles. The molecule has 2 aliphatic heterocycles. The van der Waals surface area contributed by atoms with Gasteiger partial charge in [0.05, 0.1) is 0 Å². The third kappa shape index (κ3) is 5.57. The minimum atomic E-state index is -2.13. The number of ether oxygens (including phenoxy) is 4. The molecule has 0 spiro atoms. The van der Waals surface area contributed by atoms with Crippen LogP contribution in [0.1, 0.15) is 55.4 Å². The van der Waals surface area contributed by atoms with E-state index in [0.717, 1.165) is 5.75 Å². The Hall–Kier alpha value is -0.123. The first-order chi connectivity index (χ1) is 13.2. The molecule has 0 bridgehead atoms. The number of thioether (sulfide) groups is 1. The molecular weight excluding hydrogens is 408 g/mol. The summed E-state index contributed by atoms with van der Waals surface area (Å²) in [5, 5.41) is 0.0769. The lowest BCUT2D eigenvalue weighted by Crippen LogP contribution is -2.61. The molecule has 2 fully saturated rings. The number of hydrogen-bond acceptors (Lipinski definition) is 7. The summed E-state index contributed by atoms with van der Waals surface area (Å²) in [5.74, 6) is 0.325. The second-order valence-corrected chi connectivity index (χ2v) is 15.8. The van der Waals surface area contributed by atoms with Crippen LogP contribution in [-0.2, 0) is 28.2 Å². The molecule has 0 aromatic heterocycles. The molecule has 0 amide bonds. The van der Waals surface area contributed by atoms with Crippen molar-refractivity contribution in [2.75, 3.05) is 12.4 Å². The predicted octanol–water partition coefficient (Wildman–Crippen LogP) is 4.57. The molecule has 2 saturated heterocycles. The Morgan fingerprint density at radius 3 is 2.31 bits per heavy atom. The third-order valence-corrected chi connectivity index (χ3v) is 12.2. The van der Waals surface area contributed by atoms with Gasteiger partial charge in [-0.3, -0.25) is 4.79 Å². The summed E-state index contributed by atoms with van der Waals surface area (Å²) in [5.41, 5.74) is -0.200. The van der Waals surface area contributed by atoms with Crippen molar-refractivity contribution in [1.82, 2.24) is 0 Å². The van der Waals surface area contributed by atoms with Crippen molar-refractivity contribution in [2.45, 2.75) is 109 Å². The highest BCUT2D eigenvalue weighted by molar-refractivity contribution is 7.99. The molecule has 2 aliphatic rings. The molecule has 0 unspecified atom stereocenters. The fraction of sp³-hybridized carbons (Fsp3) is 0.952. The molecule has 2 rings (SSSR count). The van der Waals surface area contributed by atoms with Gasteiger partial charge in [-0.05, 0) is 43.7 Å². The summed E-state index contributed by atoms with van der Waals surface area (Å²) in [6.45, 7) is 21.1. The Morgan fingerprint density at radius 1 is 1.21 bits per heavy atom. The maximum atomic E-state index is 11.4. The van der Waals surface area contributed by atoms with Gasteiger partial charge in [-0.2, -0.15) is 0 Å². The largest absolute Gasteiger partial charge is 0.463 e. The molecule has 8 heteroatoms. The molecule has 29 heavy (non-hydrogen) atoms. The van der Waals surface area contributed by atoms with E-state index in [-0.39, 0.29) is 47.5 Å².